The Kier molecular flexibility index (Phi) is 3.09. The van der Waals surface area contributed by atoms with Gasteiger partial charge in [0.25, 0.3) is 0 Å². The summed E-state index contributed by atoms with van der Waals surface area (Å²) in [7, 11) is -3.64. The van der Waals surface area contributed by atoms with Crippen molar-refractivity contribution >= 4 is 10.4 Å². The van der Waals surface area contributed by atoms with Crippen LogP contribution in [0.3, 0.4) is 0 Å². The lowest BCUT2D eigenvalue weighted by Gasteiger charge is -2.06. The van der Waals surface area contributed by atoms with Crippen molar-refractivity contribution in [2.45, 2.75) is 32.8 Å². The predicted octanol–water partition coefficient (Wildman–Crippen LogP) is 1.08. The van der Waals surface area contributed by atoms with Gasteiger partial charge in [0.1, 0.15) is 6.10 Å². The summed E-state index contributed by atoms with van der Waals surface area (Å²) in [4.78, 5) is 0. The molecule has 0 aromatic rings. The first-order chi connectivity index (χ1) is 5.49. The molecule has 0 bridgehead atoms. The molecule has 0 aromatic heterocycles. The van der Waals surface area contributed by atoms with Gasteiger partial charge < -0.3 is 0 Å². The molecule has 1 unspecified atom stereocenters. The van der Waals surface area contributed by atoms with Crippen molar-refractivity contribution in [3.8, 4) is 0 Å². The molecular formula is C7H14O4S. The molecule has 1 fully saturated rings. The van der Waals surface area contributed by atoms with Gasteiger partial charge in [0.2, 0.25) is 0 Å². The zero-order chi connectivity index (χ0) is 9.19. The fourth-order valence-electron chi connectivity index (χ4n) is 1.03. The Hall–Kier alpha value is -0.130. The van der Waals surface area contributed by atoms with E-state index >= 15 is 0 Å². The van der Waals surface area contributed by atoms with E-state index in [2.05, 4.69) is 22.2 Å². The van der Waals surface area contributed by atoms with Gasteiger partial charge in [0.15, 0.2) is 0 Å². The summed E-state index contributed by atoms with van der Waals surface area (Å²) in [6.07, 6.45) is 1.44. The minimum absolute atomic E-state index is 0.176. The molecule has 4 nitrogen and oxygen atoms in total. The van der Waals surface area contributed by atoms with E-state index in [0.29, 0.717) is 5.92 Å². The van der Waals surface area contributed by atoms with Crippen molar-refractivity contribution in [2.75, 3.05) is 6.61 Å². The van der Waals surface area contributed by atoms with Crippen molar-refractivity contribution in [1.29, 1.82) is 0 Å². The van der Waals surface area contributed by atoms with Crippen LogP contribution in [0, 0.1) is 5.92 Å². The van der Waals surface area contributed by atoms with E-state index in [1.54, 1.807) is 0 Å². The topological polar surface area (TPSA) is 52.6 Å². The lowest BCUT2D eigenvalue weighted by Crippen LogP contribution is -2.10. The van der Waals surface area contributed by atoms with Gasteiger partial charge in [0.05, 0.1) is 6.61 Å². The molecule has 1 aliphatic heterocycles. The molecule has 0 N–H and O–H groups in total. The van der Waals surface area contributed by atoms with Crippen LogP contribution >= 0.6 is 0 Å². The van der Waals surface area contributed by atoms with E-state index in [1.165, 1.54) is 0 Å². The fourth-order valence-corrected chi connectivity index (χ4v) is 1.89. The molecule has 1 heterocycles. The first-order valence-corrected chi connectivity index (χ1v) is 5.40. The second-order valence-electron chi connectivity index (χ2n) is 3.38. The molecule has 72 valence electrons. The fraction of sp³-hybridized carbons (Fsp3) is 1.00. The summed E-state index contributed by atoms with van der Waals surface area (Å²) in [5, 5.41) is 0. The lowest BCUT2D eigenvalue weighted by atomic mass is 10.1. The first kappa shape index (κ1) is 9.95. The Morgan fingerprint density at radius 3 is 2.58 bits per heavy atom. The van der Waals surface area contributed by atoms with Crippen LogP contribution in [0.5, 0.6) is 0 Å². The van der Waals surface area contributed by atoms with Crippen LogP contribution in [0.2, 0.25) is 0 Å². The van der Waals surface area contributed by atoms with Crippen molar-refractivity contribution < 1.29 is 16.8 Å². The molecule has 12 heavy (non-hydrogen) atoms. The second kappa shape index (κ2) is 3.72. The van der Waals surface area contributed by atoms with E-state index in [4.69, 9.17) is 0 Å². The Morgan fingerprint density at radius 1 is 1.50 bits per heavy atom. The van der Waals surface area contributed by atoms with Crippen LogP contribution in [0.15, 0.2) is 0 Å². The maximum Gasteiger partial charge on any atom is 0.400 e. The molecule has 0 aliphatic carbocycles. The summed E-state index contributed by atoms with van der Waals surface area (Å²) in [6, 6.07) is 0. The third kappa shape index (κ3) is 3.08. The second-order valence-corrected chi connectivity index (χ2v) is 4.63. The Morgan fingerprint density at radius 2 is 2.17 bits per heavy atom. The molecule has 1 rings (SSSR count). The SMILES string of the molecule is CC(C)CCC1COS(=O)(=O)O1. The summed E-state index contributed by atoms with van der Waals surface area (Å²) < 4.78 is 30.4. The van der Waals surface area contributed by atoms with E-state index in [0.717, 1.165) is 12.8 Å². The van der Waals surface area contributed by atoms with E-state index in [9.17, 15) is 8.42 Å². The zero-order valence-electron chi connectivity index (χ0n) is 7.32. The summed E-state index contributed by atoms with van der Waals surface area (Å²) in [5.74, 6) is 0.567. The van der Waals surface area contributed by atoms with Gasteiger partial charge in [-0.3, -0.25) is 0 Å². The molecule has 1 aliphatic rings. The van der Waals surface area contributed by atoms with Crippen LogP contribution in [-0.2, 0) is 18.8 Å². The minimum Gasteiger partial charge on any atom is -0.245 e. The molecule has 0 aromatic carbocycles. The maximum absolute atomic E-state index is 10.6. The molecule has 0 spiro atoms. The molecule has 0 radical (unpaired) electrons. The van der Waals surface area contributed by atoms with Gasteiger partial charge in [-0.2, -0.15) is 8.42 Å². The third-order valence-corrected chi connectivity index (χ3v) is 2.65. The third-order valence-electron chi connectivity index (χ3n) is 1.72. The van der Waals surface area contributed by atoms with Gasteiger partial charge in [-0.15, -0.1) is 0 Å². The number of hydrogen-bond donors (Lipinski definition) is 0. The van der Waals surface area contributed by atoms with Crippen LogP contribution in [0.4, 0.5) is 0 Å². The molecular weight excluding hydrogens is 180 g/mol. The number of hydrogen-bond acceptors (Lipinski definition) is 4. The highest BCUT2D eigenvalue weighted by Gasteiger charge is 2.29. The van der Waals surface area contributed by atoms with Crippen molar-refractivity contribution in [3.05, 3.63) is 0 Å². The average Bonchev–Trinajstić information content (AvgIpc) is 2.26. The molecule has 0 amide bonds. The Bertz CT molecular complexity index is 232. The van der Waals surface area contributed by atoms with Crippen LogP contribution in [0.25, 0.3) is 0 Å². The first-order valence-electron chi connectivity index (χ1n) is 4.07. The summed E-state index contributed by atoms with van der Waals surface area (Å²) in [5.41, 5.74) is 0. The smallest absolute Gasteiger partial charge is 0.245 e. The molecule has 1 saturated heterocycles. The van der Waals surface area contributed by atoms with E-state index in [-0.39, 0.29) is 12.7 Å². The normalized spacial score (nSPS) is 28.1. The maximum atomic E-state index is 10.6. The van der Waals surface area contributed by atoms with Gasteiger partial charge >= 0.3 is 10.4 Å². The van der Waals surface area contributed by atoms with Crippen molar-refractivity contribution in [1.82, 2.24) is 0 Å². The number of rotatable bonds is 3. The molecule has 0 saturated carbocycles. The van der Waals surface area contributed by atoms with Crippen molar-refractivity contribution in [2.24, 2.45) is 5.92 Å². The predicted molar refractivity (Wildman–Crippen MR) is 43.8 cm³/mol. The van der Waals surface area contributed by atoms with Gasteiger partial charge in [0, 0.05) is 0 Å². The summed E-state index contributed by atoms with van der Waals surface area (Å²) >= 11 is 0. The lowest BCUT2D eigenvalue weighted by molar-refractivity contribution is 0.213. The zero-order valence-corrected chi connectivity index (χ0v) is 8.13. The standard InChI is InChI=1S/C7H14O4S/c1-6(2)3-4-7-5-10-12(8,9)11-7/h6-7H,3-5H2,1-2H3. The highest BCUT2D eigenvalue weighted by atomic mass is 32.3. The van der Waals surface area contributed by atoms with E-state index < -0.39 is 10.4 Å². The van der Waals surface area contributed by atoms with Gasteiger partial charge in [-0.1, -0.05) is 13.8 Å². The van der Waals surface area contributed by atoms with Gasteiger partial charge in [-0.05, 0) is 18.8 Å². The Labute approximate surface area is 73.2 Å². The summed E-state index contributed by atoms with van der Waals surface area (Å²) in [6.45, 7) is 4.35. The van der Waals surface area contributed by atoms with Crippen molar-refractivity contribution in [3.63, 3.8) is 0 Å². The van der Waals surface area contributed by atoms with Gasteiger partial charge in [-0.25, -0.2) is 8.37 Å². The van der Waals surface area contributed by atoms with Crippen LogP contribution in [0.1, 0.15) is 26.7 Å². The Balaban J connectivity index is 2.29. The monoisotopic (exact) mass is 194 g/mol. The highest BCUT2D eigenvalue weighted by molar-refractivity contribution is 7.82. The highest BCUT2D eigenvalue weighted by Crippen LogP contribution is 2.18. The largest absolute Gasteiger partial charge is 0.400 e. The van der Waals surface area contributed by atoms with E-state index in [1.807, 2.05) is 0 Å². The minimum atomic E-state index is -3.64. The molecule has 1 atom stereocenters. The molecule has 5 heteroatoms. The quantitative estimate of drug-likeness (QED) is 0.674. The average molecular weight is 194 g/mol. The van der Waals surface area contributed by atoms with Crippen LogP contribution in [-0.4, -0.2) is 21.1 Å². The van der Waals surface area contributed by atoms with Crippen LogP contribution < -0.4 is 0 Å².